The summed E-state index contributed by atoms with van der Waals surface area (Å²) in [5.41, 5.74) is 8.29. The number of rotatable bonds is 4. The Hall–Kier alpha value is -1.55. The number of carbonyl (C=O) groups is 1. The van der Waals surface area contributed by atoms with Gasteiger partial charge in [-0.1, -0.05) is 6.42 Å². The zero-order valence-electron chi connectivity index (χ0n) is 11.6. The molecule has 0 bridgehead atoms. The molecule has 1 aromatic carbocycles. The fraction of sp³-hybridized carbons (Fsp3) is 0.533. The highest BCUT2D eigenvalue weighted by Crippen LogP contribution is 2.18. The number of carbonyl (C=O) groups excluding carboxylic acids is 1. The van der Waals surface area contributed by atoms with Crippen molar-refractivity contribution in [2.75, 3.05) is 30.7 Å². The Kier molecular flexibility index (Phi) is 4.80. The number of benzene rings is 1. The average Bonchev–Trinajstić information content (AvgIpc) is 2.41. The molecule has 0 spiro atoms. The van der Waals surface area contributed by atoms with Crippen molar-refractivity contribution in [1.29, 1.82) is 0 Å². The van der Waals surface area contributed by atoms with E-state index in [1.807, 2.05) is 25.1 Å². The Bertz CT molecular complexity index is 439. The number of nitrogens with one attached hydrogen (secondary N) is 1. The first-order valence-corrected chi connectivity index (χ1v) is 7.03. The molecule has 4 heteroatoms. The summed E-state index contributed by atoms with van der Waals surface area (Å²) in [5.74, 6) is 0.0819. The number of aryl methyl sites for hydroxylation is 1. The number of nitrogens with two attached hydrogens (primary N) is 1. The predicted octanol–water partition coefficient (Wildman–Crippen LogP) is 2.39. The van der Waals surface area contributed by atoms with Crippen molar-refractivity contribution in [1.82, 2.24) is 4.90 Å². The number of likely N-dealkylation sites (tertiary alicyclic amines) is 1. The van der Waals surface area contributed by atoms with Crippen molar-refractivity contribution >= 4 is 17.3 Å². The van der Waals surface area contributed by atoms with E-state index in [2.05, 4.69) is 10.2 Å². The summed E-state index contributed by atoms with van der Waals surface area (Å²) >= 11 is 0. The van der Waals surface area contributed by atoms with Gasteiger partial charge in [0, 0.05) is 24.3 Å². The first-order chi connectivity index (χ1) is 9.15. The van der Waals surface area contributed by atoms with Crippen molar-refractivity contribution in [2.24, 2.45) is 0 Å². The Morgan fingerprint density at radius 3 is 2.74 bits per heavy atom. The molecular formula is C15H23N3O. The van der Waals surface area contributed by atoms with Crippen molar-refractivity contribution < 1.29 is 4.79 Å². The molecule has 1 aliphatic heterocycles. The predicted molar refractivity (Wildman–Crippen MR) is 79.1 cm³/mol. The lowest BCUT2D eigenvalue weighted by Gasteiger charge is -2.26. The fourth-order valence-electron chi connectivity index (χ4n) is 2.48. The zero-order chi connectivity index (χ0) is 13.7. The van der Waals surface area contributed by atoms with Crippen LogP contribution in [0.3, 0.4) is 0 Å². The summed E-state index contributed by atoms with van der Waals surface area (Å²) in [5, 5.41) is 2.96. The van der Waals surface area contributed by atoms with Gasteiger partial charge in [-0.2, -0.15) is 0 Å². The quantitative estimate of drug-likeness (QED) is 0.818. The number of anilines is 2. The van der Waals surface area contributed by atoms with Gasteiger partial charge in [-0.15, -0.1) is 0 Å². The molecule has 1 saturated heterocycles. The van der Waals surface area contributed by atoms with Gasteiger partial charge in [0.05, 0.1) is 0 Å². The maximum absolute atomic E-state index is 11.9. The number of hydrogen-bond donors (Lipinski definition) is 2. The van der Waals surface area contributed by atoms with Gasteiger partial charge in [-0.25, -0.2) is 0 Å². The first-order valence-electron chi connectivity index (χ1n) is 7.03. The molecule has 1 fully saturated rings. The fourth-order valence-corrected chi connectivity index (χ4v) is 2.48. The summed E-state index contributed by atoms with van der Waals surface area (Å²) < 4.78 is 0. The molecule has 1 aliphatic rings. The molecule has 0 unspecified atom stereocenters. The third-order valence-corrected chi connectivity index (χ3v) is 3.63. The second-order valence-corrected chi connectivity index (χ2v) is 5.27. The summed E-state index contributed by atoms with van der Waals surface area (Å²) in [6.45, 7) is 5.08. The van der Waals surface area contributed by atoms with Crippen LogP contribution in [0.5, 0.6) is 0 Å². The second-order valence-electron chi connectivity index (χ2n) is 5.27. The molecule has 19 heavy (non-hydrogen) atoms. The zero-order valence-corrected chi connectivity index (χ0v) is 11.6. The van der Waals surface area contributed by atoms with E-state index >= 15 is 0 Å². The van der Waals surface area contributed by atoms with Gasteiger partial charge in [0.25, 0.3) is 0 Å². The molecule has 0 aromatic heterocycles. The van der Waals surface area contributed by atoms with Crippen LogP contribution in [0.2, 0.25) is 0 Å². The number of nitrogens with zero attached hydrogens (tertiary/aromatic N) is 1. The lowest BCUT2D eigenvalue weighted by atomic mass is 10.1. The lowest BCUT2D eigenvalue weighted by Crippen LogP contribution is -2.32. The molecule has 0 radical (unpaired) electrons. The summed E-state index contributed by atoms with van der Waals surface area (Å²) in [6.07, 6.45) is 4.41. The third-order valence-electron chi connectivity index (χ3n) is 3.63. The van der Waals surface area contributed by atoms with Gasteiger partial charge in [0.15, 0.2) is 0 Å². The van der Waals surface area contributed by atoms with Gasteiger partial charge >= 0.3 is 0 Å². The highest BCUT2D eigenvalue weighted by atomic mass is 16.1. The van der Waals surface area contributed by atoms with Crippen molar-refractivity contribution in [3.05, 3.63) is 23.8 Å². The minimum Gasteiger partial charge on any atom is -0.399 e. The van der Waals surface area contributed by atoms with Gasteiger partial charge in [0.2, 0.25) is 5.91 Å². The van der Waals surface area contributed by atoms with Gasteiger partial charge in [-0.05, 0) is 56.6 Å². The van der Waals surface area contributed by atoms with Crippen molar-refractivity contribution in [3.8, 4) is 0 Å². The van der Waals surface area contributed by atoms with Crippen LogP contribution in [0, 0.1) is 6.92 Å². The molecule has 0 saturated carbocycles. The van der Waals surface area contributed by atoms with Gasteiger partial charge < -0.3 is 16.0 Å². The van der Waals surface area contributed by atoms with E-state index in [1.165, 1.54) is 19.3 Å². The number of hydrogen-bond acceptors (Lipinski definition) is 3. The van der Waals surface area contributed by atoms with Crippen LogP contribution in [0.4, 0.5) is 11.4 Å². The summed E-state index contributed by atoms with van der Waals surface area (Å²) in [4.78, 5) is 14.3. The van der Waals surface area contributed by atoms with Crippen LogP contribution in [0.25, 0.3) is 0 Å². The van der Waals surface area contributed by atoms with E-state index in [0.717, 1.165) is 36.6 Å². The molecular weight excluding hydrogens is 238 g/mol. The van der Waals surface area contributed by atoms with E-state index in [-0.39, 0.29) is 5.91 Å². The summed E-state index contributed by atoms with van der Waals surface area (Å²) in [7, 11) is 0. The molecule has 0 atom stereocenters. The standard InChI is InChI=1S/C15H23N3O/c1-12-11-13(16)5-6-14(12)17-15(19)7-10-18-8-3-2-4-9-18/h5-6,11H,2-4,7-10,16H2,1H3,(H,17,19). The largest absolute Gasteiger partial charge is 0.399 e. The van der Waals surface area contributed by atoms with Crippen LogP contribution < -0.4 is 11.1 Å². The van der Waals surface area contributed by atoms with Gasteiger partial charge in [0.1, 0.15) is 0 Å². The van der Waals surface area contributed by atoms with Crippen molar-refractivity contribution in [2.45, 2.75) is 32.6 Å². The van der Waals surface area contributed by atoms with E-state index in [1.54, 1.807) is 0 Å². The first kappa shape index (κ1) is 13.9. The molecule has 1 heterocycles. The smallest absolute Gasteiger partial charge is 0.225 e. The molecule has 4 nitrogen and oxygen atoms in total. The minimum atomic E-state index is 0.0819. The summed E-state index contributed by atoms with van der Waals surface area (Å²) in [6, 6.07) is 5.55. The SMILES string of the molecule is Cc1cc(N)ccc1NC(=O)CCN1CCCCC1. The molecule has 1 aromatic rings. The normalized spacial score (nSPS) is 16.3. The second kappa shape index (κ2) is 6.57. The third kappa shape index (κ3) is 4.24. The van der Waals surface area contributed by atoms with Crippen LogP contribution in [-0.4, -0.2) is 30.4 Å². The highest BCUT2D eigenvalue weighted by molar-refractivity contribution is 5.91. The maximum Gasteiger partial charge on any atom is 0.225 e. The minimum absolute atomic E-state index is 0.0819. The maximum atomic E-state index is 11.9. The average molecular weight is 261 g/mol. The Balaban J connectivity index is 1.80. The number of amides is 1. The molecule has 3 N–H and O–H groups in total. The molecule has 104 valence electrons. The topological polar surface area (TPSA) is 58.4 Å². The number of nitrogen functional groups attached to an aromatic ring is 1. The molecule has 2 rings (SSSR count). The number of piperidine rings is 1. The highest BCUT2D eigenvalue weighted by Gasteiger charge is 2.12. The Labute approximate surface area is 115 Å². The van der Waals surface area contributed by atoms with E-state index < -0.39 is 0 Å². The van der Waals surface area contributed by atoms with Crippen LogP contribution in [-0.2, 0) is 4.79 Å². The van der Waals surface area contributed by atoms with E-state index in [0.29, 0.717) is 6.42 Å². The monoisotopic (exact) mass is 261 g/mol. The lowest BCUT2D eigenvalue weighted by molar-refractivity contribution is -0.116. The van der Waals surface area contributed by atoms with Crippen molar-refractivity contribution in [3.63, 3.8) is 0 Å². The van der Waals surface area contributed by atoms with E-state index in [4.69, 9.17) is 5.73 Å². The van der Waals surface area contributed by atoms with Crippen LogP contribution in [0.15, 0.2) is 18.2 Å². The van der Waals surface area contributed by atoms with E-state index in [9.17, 15) is 4.79 Å². The van der Waals surface area contributed by atoms with Crippen LogP contribution in [0.1, 0.15) is 31.2 Å². The molecule has 1 amide bonds. The van der Waals surface area contributed by atoms with Crippen LogP contribution >= 0.6 is 0 Å². The Morgan fingerprint density at radius 2 is 2.05 bits per heavy atom. The molecule has 0 aliphatic carbocycles. The Morgan fingerprint density at radius 1 is 1.32 bits per heavy atom. The van der Waals surface area contributed by atoms with Gasteiger partial charge in [-0.3, -0.25) is 4.79 Å².